The van der Waals surface area contributed by atoms with Gasteiger partial charge in [0.1, 0.15) is 30.3 Å². The highest BCUT2D eigenvalue weighted by Gasteiger charge is 2.43. The van der Waals surface area contributed by atoms with E-state index in [0.717, 1.165) is 56.4 Å². The number of aromatic nitrogens is 6. The van der Waals surface area contributed by atoms with Crippen LogP contribution in [0.25, 0.3) is 205 Å². The van der Waals surface area contributed by atoms with E-state index in [1.54, 1.807) is 10.4 Å². The summed E-state index contributed by atoms with van der Waals surface area (Å²) in [6.45, 7) is 31.2. The molecule has 1 aliphatic heterocycles. The van der Waals surface area contributed by atoms with Crippen molar-refractivity contribution < 1.29 is 8.83 Å². The first-order valence-electron chi connectivity index (χ1n) is 43.7. The van der Waals surface area contributed by atoms with Gasteiger partial charge in [-0.2, -0.15) is 0 Å². The Kier molecular flexibility index (Phi) is 16.4. The molecule has 8 nitrogen and oxygen atoms in total. The van der Waals surface area contributed by atoms with Crippen molar-refractivity contribution >= 4 is 213 Å². The molecule has 0 unspecified atom stereocenters. The summed E-state index contributed by atoms with van der Waals surface area (Å²) in [4.78, 5) is 2.62. The number of fused-ring (bicyclic) bond motifs is 30. The lowest BCUT2D eigenvalue weighted by Crippen LogP contribution is -2.49. The fourth-order valence-corrected chi connectivity index (χ4v) is 29.4. The van der Waals surface area contributed by atoms with Crippen LogP contribution in [0.4, 0.5) is 0 Å². The maximum absolute atomic E-state index is 6.80. The molecule has 13 heteroatoms. The molecular weight excluding hydrogens is 1630 g/mol. The summed E-state index contributed by atoms with van der Waals surface area (Å²) < 4.78 is 36.3. The number of benzene rings is 13. The summed E-state index contributed by atoms with van der Waals surface area (Å²) >= 11 is 7.57. The van der Waals surface area contributed by atoms with Crippen molar-refractivity contribution in [2.45, 2.75) is 103 Å². The summed E-state index contributed by atoms with van der Waals surface area (Å²) in [6.07, 6.45) is 0.912. The van der Waals surface area contributed by atoms with Gasteiger partial charge in [-0.1, -0.05) is 173 Å². The molecule has 13 heterocycles. The fraction of sp³-hybridized carbons (Fsp3) is 0.133. The Bertz CT molecular complexity index is 8820. The van der Waals surface area contributed by atoms with E-state index in [-0.39, 0.29) is 0 Å². The average Bonchev–Trinajstić information content (AvgIpc) is 1.52. The zero-order chi connectivity index (χ0) is 85.2. The van der Waals surface area contributed by atoms with Crippen molar-refractivity contribution in [1.82, 2.24) is 27.4 Å². The Morgan fingerprint density at radius 2 is 0.667 bits per heavy atom. The van der Waals surface area contributed by atoms with Crippen molar-refractivity contribution in [3.8, 4) is 56.6 Å². The summed E-state index contributed by atoms with van der Waals surface area (Å²) in [7, 11) is -1.99. The van der Waals surface area contributed by atoms with Crippen LogP contribution in [0.3, 0.4) is 0 Å². The molecule has 610 valence electrons. The Morgan fingerprint density at radius 1 is 0.262 bits per heavy atom. The van der Waals surface area contributed by atoms with E-state index in [0.29, 0.717) is 0 Å². The third-order valence-corrected chi connectivity index (χ3v) is 35.2. The van der Waals surface area contributed by atoms with Crippen LogP contribution < -0.4 is 10.4 Å². The fourth-order valence-electron chi connectivity index (χ4n) is 21.1. The van der Waals surface area contributed by atoms with Gasteiger partial charge < -0.3 is 36.2 Å². The van der Waals surface area contributed by atoms with Crippen LogP contribution in [0.5, 0.6) is 0 Å². The van der Waals surface area contributed by atoms with Gasteiger partial charge in [-0.15, -0.1) is 45.3 Å². The van der Waals surface area contributed by atoms with Crippen LogP contribution >= 0.6 is 45.3 Å². The van der Waals surface area contributed by atoms with E-state index in [1.807, 2.05) is 45.3 Å². The van der Waals surface area contributed by atoms with Crippen LogP contribution in [0.2, 0.25) is 13.1 Å². The number of thiophene rings is 4. The predicted molar refractivity (Wildman–Crippen MR) is 544 cm³/mol. The van der Waals surface area contributed by atoms with Gasteiger partial charge in [0.2, 0.25) is 0 Å². The van der Waals surface area contributed by atoms with Crippen LogP contribution in [0.15, 0.2) is 276 Å². The lowest BCUT2D eigenvalue weighted by atomic mass is 10.0. The first-order valence-corrected chi connectivity index (χ1v) is 49.9. The van der Waals surface area contributed by atoms with E-state index in [4.69, 9.17) is 8.83 Å². The number of hydrogen-bond acceptors (Lipinski definition) is 6. The van der Waals surface area contributed by atoms with Gasteiger partial charge in [-0.25, -0.2) is 0 Å². The van der Waals surface area contributed by atoms with Crippen molar-refractivity contribution in [2.75, 3.05) is 0 Å². The maximum atomic E-state index is 6.80. The largest absolute Gasteiger partial charge is 0.454 e. The second-order valence-electron chi connectivity index (χ2n) is 36.5. The lowest BCUT2D eigenvalue weighted by Gasteiger charge is -2.19. The lowest BCUT2D eigenvalue weighted by molar-refractivity contribution is 0.672. The Morgan fingerprint density at radius 3 is 1.25 bits per heavy atom. The molecule has 0 radical (unpaired) electrons. The van der Waals surface area contributed by atoms with Gasteiger partial charge in [-0.05, 0) is 272 Å². The first kappa shape index (κ1) is 75.3. The molecule has 1 aliphatic carbocycles. The molecule has 0 saturated carbocycles. The topological polar surface area (TPSA) is 55.9 Å². The molecule has 12 aromatic heterocycles. The highest BCUT2D eigenvalue weighted by Crippen LogP contribution is 2.54. The van der Waals surface area contributed by atoms with Gasteiger partial charge in [0.05, 0.1) is 74.3 Å². The molecule has 126 heavy (non-hydrogen) atoms. The van der Waals surface area contributed by atoms with Crippen LogP contribution in [-0.2, 0) is 6.42 Å². The van der Waals surface area contributed by atoms with Crippen molar-refractivity contribution in [2.24, 2.45) is 0 Å². The summed E-state index contributed by atoms with van der Waals surface area (Å²) in [5.41, 5.74) is 44.4. The number of nitrogens with zero attached hydrogens (tertiary/aromatic N) is 6. The molecule has 27 rings (SSSR count). The van der Waals surface area contributed by atoms with E-state index >= 15 is 0 Å². The minimum absolute atomic E-state index is 0.912. The van der Waals surface area contributed by atoms with E-state index < -0.39 is 8.07 Å². The highest BCUT2D eigenvalue weighted by atomic mass is 32.1. The molecule has 0 fully saturated rings. The SMILES string of the molecule is Cc1ccc(-n2c3c(c4cc5c(cc42)c2sc4cc(C)ccc4c2n5-c2ccc(C)cc2)[Si](C)(C)c2cc(C)ccc2-3)cc1.Cc1ccc(-n2c3c(c4ccc(C)cc42)Cc2cc4c(cc2-3)oc2c3ccc(C)cc3n(-c3ccc(C)cc3)c42)cc1.Cc1ccc(-n2c3cc4c5sc6cc(C)sc6c5n(-c5ccc(C)cc5)c4cc3c3oc4cc(C)sc4c32)cc1. The molecule has 0 spiro atoms. The minimum Gasteiger partial charge on any atom is -0.454 e. The molecule has 13 aromatic carbocycles. The smallest absolute Gasteiger partial charge is 0.162 e. The van der Waals surface area contributed by atoms with Gasteiger partial charge in [0.15, 0.2) is 11.2 Å². The first-order chi connectivity index (χ1) is 61.1. The second kappa shape index (κ2) is 27.4. The monoisotopic (exact) mass is 1720 g/mol. The van der Waals surface area contributed by atoms with Crippen molar-refractivity contribution in [3.05, 3.63) is 343 Å². The van der Waals surface area contributed by atoms with Crippen molar-refractivity contribution in [1.29, 1.82) is 0 Å². The molecule has 25 aromatic rings. The summed E-state index contributed by atoms with van der Waals surface area (Å²) in [5.74, 6) is 0. The predicted octanol–water partition coefficient (Wildman–Crippen LogP) is 31.5. The van der Waals surface area contributed by atoms with Crippen LogP contribution in [-0.4, -0.2) is 35.5 Å². The molecule has 0 N–H and O–H groups in total. The minimum atomic E-state index is -1.99. The molecule has 0 bridgehead atoms. The van der Waals surface area contributed by atoms with Gasteiger partial charge in [0, 0.05) is 108 Å². The van der Waals surface area contributed by atoms with Crippen LogP contribution in [0, 0.1) is 83.1 Å². The van der Waals surface area contributed by atoms with Crippen LogP contribution in [0.1, 0.15) is 76.5 Å². The Labute approximate surface area is 745 Å². The number of furan rings is 2. The number of aryl methyl sites for hydroxylation is 12. The third-order valence-electron chi connectivity index (χ3n) is 27.2. The quantitative estimate of drug-likeness (QED) is 0.156. The Balaban J connectivity index is 0.000000103. The molecule has 0 saturated heterocycles. The highest BCUT2D eigenvalue weighted by molar-refractivity contribution is 7.33. The van der Waals surface area contributed by atoms with E-state index in [2.05, 4.69) is 391 Å². The van der Waals surface area contributed by atoms with Gasteiger partial charge >= 0.3 is 0 Å². The van der Waals surface area contributed by atoms with Gasteiger partial charge in [0.25, 0.3) is 0 Å². The zero-order valence-electron chi connectivity index (χ0n) is 72.7. The number of hydrogen-bond donors (Lipinski definition) is 0. The third kappa shape index (κ3) is 11.1. The standard InChI is InChI=1S/C40H34N2SSi.C39H30N2O.C34H24N2OS3/c1-23-7-13-27(14-8-23)41-33-22-32-34(21-31(33)39-37(41)29-17-11-25(3)19-35(29)43-39)42(28-15-9-24(2)10-16-28)38-30-18-12-26(4)20-36(30)44(5,6)40(32)38;1-22-5-11-27(12-6-22)40-34-17-24(3)9-15-29(34)32-19-26-20-33-36(21-31(26)37(32)40)42-39-30-16-10-25(4)18-35(30)41(38(33)39)28-13-7-23(2)8-14-28;1-17-5-9-21(10-6-17)35-25-16-24-26(15-23(25)31-29(35)33-27(37-31)13-19(3)38-33)36(22-11-7-18(2)8-12-22)30-32(24)40-28-14-20(4)39-34(28)30/h7-22H,1-6H3;5-18,20-21H,19H2,1-4H3;5-16H,1-4H3. The average molecular weight is 1720 g/mol. The van der Waals surface area contributed by atoms with Crippen molar-refractivity contribution in [3.63, 3.8) is 0 Å². The van der Waals surface area contributed by atoms with E-state index in [1.165, 1.54) is 232 Å². The molecule has 2 aliphatic rings. The molecule has 0 atom stereocenters. The second-order valence-corrected chi connectivity index (χ2v) is 45.4. The summed E-state index contributed by atoms with van der Waals surface area (Å²) in [6, 6.07) is 100. The maximum Gasteiger partial charge on any atom is 0.162 e. The zero-order valence-corrected chi connectivity index (χ0v) is 77.0. The number of rotatable bonds is 6. The summed E-state index contributed by atoms with van der Waals surface area (Å²) in [5, 5.41) is 13.3. The molecule has 0 amide bonds. The normalized spacial score (nSPS) is 13.0. The Hall–Kier alpha value is -13.2. The molecular formula is C113H88N6O2S4Si. The van der Waals surface area contributed by atoms with E-state index in [9.17, 15) is 0 Å². The van der Waals surface area contributed by atoms with Gasteiger partial charge in [-0.3, -0.25) is 0 Å².